The van der Waals surface area contributed by atoms with Gasteiger partial charge >= 0.3 is 0 Å². The normalized spacial score (nSPS) is 12.6. The molecule has 10 heteroatoms. The number of aryl methyl sites for hydroxylation is 1. The minimum absolute atomic E-state index is 0.0610. The molecule has 4 aromatic heterocycles. The predicted octanol–water partition coefficient (Wildman–Crippen LogP) is 2.89. The fourth-order valence-corrected chi connectivity index (χ4v) is 3.47. The average Bonchev–Trinajstić information content (AvgIpc) is 3.33. The van der Waals surface area contributed by atoms with Crippen molar-refractivity contribution in [1.82, 2.24) is 34.3 Å². The van der Waals surface area contributed by atoms with Gasteiger partial charge in [-0.3, -0.25) is 9.08 Å². The molecular weight excluding hydrogens is 385 g/mol. The summed E-state index contributed by atoms with van der Waals surface area (Å²) in [7, 11) is 1.81. The number of fused-ring (bicyclic) bond motifs is 1. The number of anilines is 2. The lowest BCUT2D eigenvalue weighted by Gasteiger charge is -2.15. The van der Waals surface area contributed by atoms with Gasteiger partial charge in [0.2, 0.25) is 11.9 Å². The average molecular weight is 409 g/mol. The molecule has 0 aliphatic carbocycles. The first kappa shape index (κ1) is 19.9. The molecule has 156 valence electrons. The van der Waals surface area contributed by atoms with E-state index in [1.807, 2.05) is 13.1 Å². The maximum atomic E-state index is 15.1. The number of nitrogens with two attached hydrogens (primary N) is 1. The van der Waals surface area contributed by atoms with E-state index in [9.17, 15) is 0 Å². The van der Waals surface area contributed by atoms with E-state index in [-0.39, 0.29) is 5.92 Å². The summed E-state index contributed by atoms with van der Waals surface area (Å²) in [4.78, 5) is 8.72. The third-order valence-corrected chi connectivity index (χ3v) is 4.90. The number of halogens is 1. The molecule has 4 heterocycles. The molecule has 0 spiro atoms. The van der Waals surface area contributed by atoms with Crippen molar-refractivity contribution in [3.63, 3.8) is 0 Å². The van der Waals surface area contributed by atoms with E-state index in [2.05, 4.69) is 44.4 Å². The highest BCUT2D eigenvalue weighted by Gasteiger charge is 2.21. The molecule has 0 amide bonds. The molecule has 0 saturated heterocycles. The molecule has 4 aromatic rings. The summed E-state index contributed by atoms with van der Waals surface area (Å²) >= 11 is 0. The zero-order valence-corrected chi connectivity index (χ0v) is 17.1. The summed E-state index contributed by atoms with van der Waals surface area (Å²) in [5, 5.41) is 15.6. The molecular formula is C20H24FN9. The Balaban J connectivity index is 1.69. The predicted molar refractivity (Wildman–Crippen MR) is 112 cm³/mol. The first-order valence-corrected chi connectivity index (χ1v) is 9.79. The summed E-state index contributed by atoms with van der Waals surface area (Å²) in [6.07, 6.45) is 4.10. The Morgan fingerprint density at radius 3 is 2.70 bits per heavy atom. The summed E-state index contributed by atoms with van der Waals surface area (Å²) in [6.45, 7) is 4.59. The number of hydrogen-bond donors (Lipinski definition) is 2. The van der Waals surface area contributed by atoms with Gasteiger partial charge in [0.25, 0.3) is 0 Å². The van der Waals surface area contributed by atoms with Gasteiger partial charge in [0.15, 0.2) is 5.65 Å². The zero-order valence-electron chi connectivity index (χ0n) is 17.1. The Morgan fingerprint density at radius 2 is 2.00 bits per heavy atom. The molecule has 0 bridgehead atoms. The van der Waals surface area contributed by atoms with Crippen LogP contribution in [0.3, 0.4) is 0 Å². The molecule has 1 unspecified atom stereocenters. The molecule has 0 aliphatic rings. The van der Waals surface area contributed by atoms with E-state index < -0.39 is 5.95 Å². The second kappa shape index (κ2) is 8.15. The van der Waals surface area contributed by atoms with Gasteiger partial charge in [0.1, 0.15) is 11.6 Å². The van der Waals surface area contributed by atoms with Crippen LogP contribution in [0.25, 0.3) is 16.9 Å². The summed E-state index contributed by atoms with van der Waals surface area (Å²) in [5.74, 6) is 1.58. The molecule has 0 fully saturated rings. The standard InChI is InChI=1S/C20H24FN9/c1-12(2)8-14(11-22)19-28-27-18-10-13(9-16(21)30(18)19)15-4-6-23-20(25-15)26-17-5-7-24-29(17)3/h4-7,9-10,12,14H,8,11,22H2,1-3H3,(H,23,25,26). The molecule has 0 aliphatic heterocycles. The van der Waals surface area contributed by atoms with Gasteiger partial charge < -0.3 is 11.1 Å². The van der Waals surface area contributed by atoms with Gasteiger partial charge in [-0.15, -0.1) is 10.2 Å². The van der Waals surface area contributed by atoms with Gasteiger partial charge in [-0.1, -0.05) is 13.8 Å². The number of rotatable bonds is 7. The fraction of sp³-hybridized carbons (Fsp3) is 0.350. The van der Waals surface area contributed by atoms with Crippen LogP contribution in [-0.4, -0.2) is 40.9 Å². The molecule has 0 radical (unpaired) electrons. The third-order valence-electron chi connectivity index (χ3n) is 4.90. The lowest BCUT2D eigenvalue weighted by Crippen LogP contribution is -2.18. The summed E-state index contributed by atoms with van der Waals surface area (Å²) in [6, 6.07) is 6.72. The van der Waals surface area contributed by atoms with E-state index in [1.165, 1.54) is 10.5 Å². The van der Waals surface area contributed by atoms with Crippen LogP contribution in [0.15, 0.2) is 36.7 Å². The van der Waals surface area contributed by atoms with Gasteiger partial charge in [0.05, 0.1) is 11.9 Å². The van der Waals surface area contributed by atoms with Crippen LogP contribution >= 0.6 is 0 Å². The molecule has 9 nitrogen and oxygen atoms in total. The summed E-state index contributed by atoms with van der Waals surface area (Å²) in [5.41, 5.74) is 7.50. The number of hydrogen-bond acceptors (Lipinski definition) is 7. The van der Waals surface area contributed by atoms with Crippen LogP contribution < -0.4 is 11.1 Å². The largest absolute Gasteiger partial charge is 0.330 e. The first-order valence-electron chi connectivity index (χ1n) is 9.79. The SMILES string of the molecule is CC(C)CC(CN)c1nnc2cc(-c3ccnc(Nc4ccnn4C)n3)cc(F)n12. The van der Waals surface area contributed by atoms with Crippen molar-refractivity contribution in [3.05, 3.63) is 48.4 Å². The van der Waals surface area contributed by atoms with Crippen LogP contribution in [-0.2, 0) is 7.05 Å². The topological polar surface area (TPSA) is 112 Å². The zero-order chi connectivity index (χ0) is 21.3. The monoisotopic (exact) mass is 409 g/mol. The van der Waals surface area contributed by atoms with Gasteiger partial charge in [-0.2, -0.15) is 9.49 Å². The lowest BCUT2D eigenvalue weighted by atomic mass is 9.96. The highest BCUT2D eigenvalue weighted by Crippen LogP contribution is 2.26. The van der Waals surface area contributed by atoms with Crippen LogP contribution in [0.5, 0.6) is 0 Å². The minimum atomic E-state index is -0.454. The lowest BCUT2D eigenvalue weighted by molar-refractivity contribution is 0.471. The van der Waals surface area contributed by atoms with E-state index in [0.717, 1.165) is 12.2 Å². The maximum absolute atomic E-state index is 15.1. The van der Waals surface area contributed by atoms with Gasteiger partial charge in [-0.05, 0) is 24.5 Å². The van der Waals surface area contributed by atoms with Crippen LogP contribution in [0, 0.1) is 11.9 Å². The Bertz CT molecular complexity index is 1160. The van der Waals surface area contributed by atoms with E-state index >= 15 is 4.39 Å². The molecule has 0 saturated carbocycles. The number of pyridine rings is 1. The first-order chi connectivity index (χ1) is 14.5. The van der Waals surface area contributed by atoms with Gasteiger partial charge in [0, 0.05) is 43.4 Å². The van der Waals surface area contributed by atoms with Gasteiger partial charge in [-0.25, -0.2) is 9.97 Å². The molecule has 0 aromatic carbocycles. The number of nitrogens with one attached hydrogen (secondary N) is 1. The van der Waals surface area contributed by atoms with Crippen LogP contribution in [0.4, 0.5) is 16.2 Å². The third kappa shape index (κ3) is 3.86. The Kier molecular flexibility index (Phi) is 5.40. The minimum Gasteiger partial charge on any atom is -0.330 e. The van der Waals surface area contributed by atoms with E-state index in [1.54, 1.807) is 29.2 Å². The van der Waals surface area contributed by atoms with E-state index in [0.29, 0.717) is 41.1 Å². The smallest absolute Gasteiger partial charge is 0.228 e. The van der Waals surface area contributed by atoms with Crippen molar-refractivity contribution in [2.75, 3.05) is 11.9 Å². The van der Waals surface area contributed by atoms with Crippen molar-refractivity contribution in [2.24, 2.45) is 18.7 Å². The maximum Gasteiger partial charge on any atom is 0.228 e. The van der Waals surface area contributed by atoms with Crippen molar-refractivity contribution < 1.29 is 4.39 Å². The Labute approximate surface area is 173 Å². The van der Waals surface area contributed by atoms with E-state index in [4.69, 9.17) is 5.73 Å². The number of aromatic nitrogens is 7. The van der Waals surface area contributed by atoms with Crippen molar-refractivity contribution in [3.8, 4) is 11.3 Å². The van der Waals surface area contributed by atoms with Crippen LogP contribution in [0.2, 0.25) is 0 Å². The molecule has 30 heavy (non-hydrogen) atoms. The quantitative estimate of drug-likeness (QED) is 0.451. The second-order valence-corrected chi connectivity index (χ2v) is 7.61. The Hall–Kier alpha value is -3.40. The molecule has 4 rings (SSSR count). The molecule has 3 N–H and O–H groups in total. The van der Waals surface area contributed by atoms with Crippen molar-refractivity contribution in [2.45, 2.75) is 26.2 Å². The number of nitrogens with zero attached hydrogens (tertiary/aromatic N) is 7. The highest BCUT2D eigenvalue weighted by atomic mass is 19.1. The summed E-state index contributed by atoms with van der Waals surface area (Å²) < 4.78 is 18.2. The van der Waals surface area contributed by atoms with Crippen LogP contribution in [0.1, 0.15) is 32.0 Å². The second-order valence-electron chi connectivity index (χ2n) is 7.61. The fourth-order valence-electron chi connectivity index (χ4n) is 3.47. The highest BCUT2D eigenvalue weighted by molar-refractivity contribution is 5.65. The van der Waals surface area contributed by atoms with Crippen molar-refractivity contribution >= 4 is 17.4 Å². The molecule has 1 atom stereocenters. The van der Waals surface area contributed by atoms with Crippen molar-refractivity contribution in [1.29, 1.82) is 0 Å². The Morgan fingerprint density at radius 1 is 1.17 bits per heavy atom.